The first-order chi connectivity index (χ1) is 6.84. The lowest BCUT2D eigenvalue weighted by molar-refractivity contribution is 0.199. The van der Waals surface area contributed by atoms with Crippen molar-refractivity contribution in [3.63, 3.8) is 0 Å². The second-order valence-electron chi connectivity index (χ2n) is 3.26. The first-order valence-corrected chi connectivity index (χ1v) is 5.02. The zero-order valence-corrected chi connectivity index (χ0v) is 8.99. The van der Waals surface area contributed by atoms with Crippen LogP contribution in [0.5, 0.6) is 0 Å². The zero-order chi connectivity index (χ0) is 10.2. The van der Waals surface area contributed by atoms with E-state index in [2.05, 4.69) is 14.9 Å². The molecule has 0 saturated heterocycles. The van der Waals surface area contributed by atoms with E-state index in [-0.39, 0.29) is 0 Å². The Bertz CT molecular complexity index is 247. The lowest BCUT2D eigenvalue weighted by Gasteiger charge is -2.06. The topological polar surface area (TPSA) is 39.1 Å². The van der Waals surface area contributed by atoms with Crippen LogP contribution in [0.1, 0.15) is 12.2 Å². The molecule has 0 saturated carbocycles. The van der Waals surface area contributed by atoms with Crippen LogP contribution in [0.3, 0.4) is 0 Å². The van der Waals surface area contributed by atoms with Crippen LogP contribution in [0.2, 0.25) is 0 Å². The Balaban J connectivity index is 2.02. The van der Waals surface area contributed by atoms with Gasteiger partial charge in [0.05, 0.1) is 6.61 Å². The molecule has 0 aliphatic rings. The summed E-state index contributed by atoms with van der Waals surface area (Å²) < 4.78 is 7.10. The minimum absolute atomic E-state index is 0.782. The van der Waals surface area contributed by atoms with Gasteiger partial charge in [0, 0.05) is 32.6 Å². The second kappa shape index (κ2) is 6.56. The minimum Gasteiger partial charge on any atom is -0.383 e. The summed E-state index contributed by atoms with van der Waals surface area (Å²) in [5.74, 6) is 1.09. The van der Waals surface area contributed by atoms with Crippen LogP contribution in [0.4, 0.5) is 0 Å². The van der Waals surface area contributed by atoms with Crippen LogP contribution in [-0.2, 0) is 11.3 Å². The van der Waals surface area contributed by atoms with Gasteiger partial charge in [-0.3, -0.25) is 0 Å². The SMILES string of the molecule is COCCNCCCn1ccnc1C. The van der Waals surface area contributed by atoms with Crippen molar-refractivity contribution >= 4 is 0 Å². The fraction of sp³-hybridized carbons (Fsp3) is 0.700. The smallest absolute Gasteiger partial charge is 0.105 e. The Morgan fingerprint density at radius 1 is 1.50 bits per heavy atom. The Kier molecular flexibility index (Phi) is 5.25. The van der Waals surface area contributed by atoms with Crippen molar-refractivity contribution in [3.05, 3.63) is 18.2 Å². The lowest BCUT2D eigenvalue weighted by atomic mass is 10.4. The number of imidazole rings is 1. The molecule has 0 atom stereocenters. The summed E-state index contributed by atoms with van der Waals surface area (Å²) in [6.45, 7) is 5.80. The predicted molar refractivity (Wildman–Crippen MR) is 56.3 cm³/mol. The normalized spacial score (nSPS) is 10.7. The first kappa shape index (κ1) is 11.2. The third-order valence-corrected chi connectivity index (χ3v) is 2.16. The van der Waals surface area contributed by atoms with E-state index < -0.39 is 0 Å². The molecular weight excluding hydrogens is 178 g/mol. The summed E-state index contributed by atoms with van der Waals surface area (Å²) >= 11 is 0. The molecule has 0 aliphatic carbocycles. The molecule has 14 heavy (non-hydrogen) atoms. The number of ether oxygens (including phenoxy) is 1. The highest BCUT2D eigenvalue weighted by Crippen LogP contribution is 1.96. The van der Waals surface area contributed by atoms with Gasteiger partial charge in [-0.2, -0.15) is 0 Å². The molecule has 1 aromatic heterocycles. The monoisotopic (exact) mass is 197 g/mol. The maximum Gasteiger partial charge on any atom is 0.105 e. The van der Waals surface area contributed by atoms with E-state index in [0.717, 1.165) is 38.5 Å². The number of aryl methyl sites for hydroxylation is 2. The molecule has 4 nitrogen and oxygen atoms in total. The van der Waals surface area contributed by atoms with Crippen molar-refractivity contribution in [2.24, 2.45) is 0 Å². The number of rotatable bonds is 7. The van der Waals surface area contributed by atoms with Crippen LogP contribution >= 0.6 is 0 Å². The van der Waals surface area contributed by atoms with Gasteiger partial charge >= 0.3 is 0 Å². The van der Waals surface area contributed by atoms with Crippen LogP contribution in [0.15, 0.2) is 12.4 Å². The Labute approximate surface area is 85.3 Å². The summed E-state index contributed by atoms with van der Waals surface area (Å²) in [5, 5.41) is 3.31. The third-order valence-electron chi connectivity index (χ3n) is 2.16. The van der Waals surface area contributed by atoms with Gasteiger partial charge in [-0.25, -0.2) is 4.98 Å². The zero-order valence-electron chi connectivity index (χ0n) is 8.99. The van der Waals surface area contributed by atoms with Crippen LogP contribution in [0.25, 0.3) is 0 Å². The van der Waals surface area contributed by atoms with Gasteiger partial charge in [0.2, 0.25) is 0 Å². The average molecular weight is 197 g/mol. The van der Waals surface area contributed by atoms with E-state index in [1.54, 1.807) is 7.11 Å². The van der Waals surface area contributed by atoms with Crippen molar-refractivity contribution in [2.45, 2.75) is 19.9 Å². The summed E-state index contributed by atoms with van der Waals surface area (Å²) in [6, 6.07) is 0. The maximum atomic E-state index is 4.94. The molecule has 80 valence electrons. The summed E-state index contributed by atoms with van der Waals surface area (Å²) in [4.78, 5) is 4.17. The van der Waals surface area contributed by atoms with Crippen molar-refractivity contribution < 1.29 is 4.74 Å². The van der Waals surface area contributed by atoms with Crippen molar-refractivity contribution in [1.82, 2.24) is 14.9 Å². The number of hydrogen-bond donors (Lipinski definition) is 1. The number of aromatic nitrogens is 2. The number of nitrogens with one attached hydrogen (secondary N) is 1. The number of nitrogens with zero attached hydrogens (tertiary/aromatic N) is 2. The fourth-order valence-corrected chi connectivity index (χ4v) is 1.31. The van der Waals surface area contributed by atoms with Gasteiger partial charge in [0.15, 0.2) is 0 Å². The van der Waals surface area contributed by atoms with Crippen LogP contribution in [0, 0.1) is 6.92 Å². The second-order valence-corrected chi connectivity index (χ2v) is 3.26. The van der Waals surface area contributed by atoms with Gasteiger partial charge < -0.3 is 14.6 Å². The van der Waals surface area contributed by atoms with Gasteiger partial charge in [0.25, 0.3) is 0 Å². The van der Waals surface area contributed by atoms with Crippen LogP contribution < -0.4 is 5.32 Å². The highest BCUT2D eigenvalue weighted by Gasteiger charge is 1.95. The summed E-state index contributed by atoms with van der Waals surface area (Å²) in [6.07, 6.45) is 4.99. The van der Waals surface area contributed by atoms with Gasteiger partial charge in [-0.05, 0) is 19.9 Å². The third kappa shape index (κ3) is 3.89. The van der Waals surface area contributed by atoms with E-state index in [9.17, 15) is 0 Å². The van der Waals surface area contributed by atoms with E-state index in [1.165, 1.54) is 0 Å². The van der Waals surface area contributed by atoms with E-state index in [0.29, 0.717) is 0 Å². The number of hydrogen-bond acceptors (Lipinski definition) is 3. The minimum atomic E-state index is 0.782. The standard InChI is InChI=1S/C10H19N3O/c1-10-12-5-8-13(10)7-3-4-11-6-9-14-2/h5,8,11H,3-4,6-7,9H2,1-2H3. The molecular formula is C10H19N3O. The summed E-state index contributed by atoms with van der Waals surface area (Å²) in [5.41, 5.74) is 0. The molecule has 0 radical (unpaired) electrons. The van der Waals surface area contributed by atoms with Crippen molar-refractivity contribution in [1.29, 1.82) is 0 Å². The van der Waals surface area contributed by atoms with E-state index >= 15 is 0 Å². The van der Waals surface area contributed by atoms with E-state index in [1.807, 2.05) is 19.3 Å². The molecule has 0 aliphatic heterocycles. The Morgan fingerprint density at radius 3 is 3.00 bits per heavy atom. The van der Waals surface area contributed by atoms with Crippen molar-refractivity contribution in [3.8, 4) is 0 Å². The first-order valence-electron chi connectivity index (χ1n) is 5.02. The molecule has 0 fully saturated rings. The lowest BCUT2D eigenvalue weighted by Crippen LogP contribution is -2.21. The largest absolute Gasteiger partial charge is 0.383 e. The highest BCUT2D eigenvalue weighted by atomic mass is 16.5. The Hall–Kier alpha value is -0.870. The molecule has 0 amide bonds. The molecule has 1 rings (SSSR count). The molecule has 0 unspecified atom stereocenters. The molecule has 1 N–H and O–H groups in total. The Morgan fingerprint density at radius 2 is 2.36 bits per heavy atom. The van der Waals surface area contributed by atoms with Crippen LogP contribution in [-0.4, -0.2) is 36.4 Å². The molecule has 1 heterocycles. The molecule has 1 aromatic rings. The molecule has 0 spiro atoms. The molecule has 0 aromatic carbocycles. The molecule has 0 bridgehead atoms. The molecule has 4 heteroatoms. The highest BCUT2D eigenvalue weighted by molar-refractivity contribution is 4.88. The summed E-state index contributed by atoms with van der Waals surface area (Å²) in [7, 11) is 1.72. The maximum absolute atomic E-state index is 4.94. The van der Waals surface area contributed by atoms with Gasteiger partial charge in [-0.15, -0.1) is 0 Å². The average Bonchev–Trinajstić information content (AvgIpc) is 2.58. The quantitative estimate of drug-likeness (QED) is 0.658. The van der Waals surface area contributed by atoms with Crippen molar-refractivity contribution in [2.75, 3.05) is 26.8 Å². The fourth-order valence-electron chi connectivity index (χ4n) is 1.31. The van der Waals surface area contributed by atoms with E-state index in [4.69, 9.17) is 4.74 Å². The predicted octanol–water partition coefficient (Wildman–Crippen LogP) is 0.818. The van der Waals surface area contributed by atoms with Gasteiger partial charge in [0.1, 0.15) is 5.82 Å². The number of methoxy groups -OCH3 is 1. The van der Waals surface area contributed by atoms with Gasteiger partial charge in [-0.1, -0.05) is 0 Å².